The Labute approximate surface area is 224 Å². The molecule has 2 aliphatic heterocycles. The van der Waals surface area contributed by atoms with Crippen LogP contribution in [-0.2, 0) is 11.3 Å². The number of carboxylic acid groups (broad SMARTS) is 2. The Kier molecular flexibility index (Phi) is 10.00. The molecule has 9 heteroatoms. The molecule has 1 atom stereocenters. The predicted molar refractivity (Wildman–Crippen MR) is 126 cm³/mol. The smallest absolute Gasteiger partial charge is 0.544 e. The monoisotopic (exact) mass is 493 g/mol. The molecule has 4 heterocycles. The SMILES string of the molecule is C=C1C[C@H]2SCC(/C=C/C[n+]3ccc(-c4cc(C(=O)[O-])sc4C)cc3)=C(C(=O)O)N12.CC.[Na+]. The van der Waals surface area contributed by atoms with E-state index in [1.807, 2.05) is 66.9 Å². The summed E-state index contributed by atoms with van der Waals surface area (Å²) in [6.07, 6.45) is 8.52. The molecule has 2 aliphatic rings. The van der Waals surface area contributed by atoms with Crippen LogP contribution in [0.1, 0.15) is 34.8 Å². The van der Waals surface area contributed by atoms with E-state index in [0.29, 0.717) is 18.0 Å². The maximum absolute atomic E-state index is 11.7. The molecule has 1 N–H and O–H groups in total. The van der Waals surface area contributed by atoms with Crippen molar-refractivity contribution in [3.05, 3.63) is 76.0 Å². The van der Waals surface area contributed by atoms with Gasteiger partial charge >= 0.3 is 35.5 Å². The first-order valence-electron chi connectivity index (χ1n) is 10.4. The number of carbonyl (C=O) groups is 2. The van der Waals surface area contributed by atoms with Crippen LogP contribution in [0.15, 0.2) is 66.3 Å². The summed E-state index contributed by atoms with van der Waals surface area (Å²) in [6.45, 7) is 10.4. The topological polar surface area (TPSA) is 84.5 Å². The number of carboxylic acids is 2. The number of aromatic carboxylic acids is 1. The fraction of sp³-hybridized carbons (Fsp3) is 0.292. The number of fused-ring (bicyclic) bond motifs is 1. The fourth-order valence-corrected chi connectivity index (χ4v) is 5.83. The molecule has 6 nitrogen and oxygen atoms in total. The average molecular weight is 494 g/mol. The largest absolute Gasteiger partial charge is 1.00 e. The van der Waals surface area contributed by atoms with Crippen LogP contribution >= 0.6 is 23.1 Å². The molecule has 2 aromatic rings. The molecule has 2 aromatic heterocycles. The van der Waals surface area contributed by atoms with Crippen LogP contribution in [0.2, 0.25) is 0 Å². The number of aryl methyl sites for hydroxylation is 1. The minimum Gasteiger partial charge on any atom is -0.544 e. The summed E-state index contributed by atoms with van der Waals surface area (Å²) in [5.41, 5.74) is 3.82. The summed E-state index contributed by atoms with van der Waals surface area (Å²) < 4.78 is 1.98. The Bertz CT molecular complexity index is 1110. The summed E-state index contributed by atoms with van der Waals surface area (Å²) in [6, 6.07) is 5.52. The van der Waals surface area contributed by atoms with Gasteiger partial charge in [0.25, 0.3) is 0 Å². The van der Waals surface area contributed by atoms with Crippen molar-refractivity contribution in [1.82, 2.24) is 4.90 Å². The van der Waals surface area contributed by atoms with Crippen LogP contribution in [0.3, 0.4) is 0 Å². The number of aliphatic carboxylic acids is 1. The number of nitrogens with zero attached hydrogens (tertiary/aromatic N) is 2. The van der Waals surface area contributed by atoms with Gasteiger partial charge in [0.1, 0.15) is 5.70 Å². The van der Waals surface area contributed by atoms with Gasteiger partial charge in [-0.15, -0.1) is 23.1 Å². The molecule has 1 saturated heterocycles. The molecule has 0 amide bonds. The maximum Gasteiger partial charge on any atom is 1.00 e. The number of hydrogen-bond donors (Lipinski definition) is 1. The van der Waals surface area contributed by atoms with Gasteiger partial charge in [-0.05, 0) is 35.8 Å². The Balaban J connectivity index is 0.00000125. The number of pyridine rings is 1. The number of rotatable bonds is 6. The quantitative estimate of drug-likeness (QED) is 0.469. The molecule has 0 spiro atoms. The van der Waals surface area contributed by atoms with Gasteiger partial charge in [-0.25, -0.2) is 9.36 Å². The van der Waals surface area contributed by atoms with Crippen molar-refractivity contribution in [3.63, 3.8) is 0 Å². The summed E-state index contributed by atoms with van der Waals surface area (Å²) >= 11 is 2.95. The zero-order valence-corrected chi connectivity index (χ0v) is 23.0. The van der Waals surface area contributed by atoms with Crippen LogP contribution in [0.4, 0.5) is 0 Å². The van der Waals surface area contributed by atoms with Gasteiger partial charge in [0.15, 0.2) is 18.9 Å². The first kappa shape index (κ1) is 27.4. The standard InChI is InChI=1S/C22H20N2O4S2.C2H6.Na/c1-13-10-19-24(13)20(22(27)28)16(12-29-19)4-3-7-23-8-5-15(6-9-23)17-11-18(21(25)26)30-14(17)2;1-2;/h3-6,8-9,11,19H,1,7,10,12H2,2H3,(H-,25,26,27,28);1-2H3;/q;;+1/b4-3+;;/t19-;;/m1../s1. The van der Waals surface area contributed by atoms with Crippen molar-refractivity contribution < 1.29 is 53.9 Å². The summed E-state index contributed by atoms with van der Waals surface area (Å²) in [4.78, 5) is 25.8. The maximum atomic E-state index is 11.7. The van der Waals surface area contributed by atoms with Crippen molar-refractivity contribution in [2.24, 2.45) is 0 Å². The first-order valence-corrected chi connectivity index (χ1v) is 12.2. The Morgan fingerprint density at radius 3 is 2.55 bits per heavy atom. The van der Waals surface area contributed by atoms with E-state index in [2.05, 4.69) is 6.58 Å². The number of hydrogen-bond acceptors (Lipinski definition) is 6. The van der Waals surface area contributed by atoms with Crippen molar-refractivity contribution in [2.45, 2.75) is 39.1 Å². The normalized spacial score (nSPS) is 17.0. The third-order valence-electron chi connectivity index (χ3n) is 5.17. The fourth-order valence-electron chi connectivity index (χ4n) is 3.64. The zero-order chi connectivity index (χ0) is 23.4. The van der Waals surface area contributed by atoms with Gasteiger partial charge in [0.05, 0.1) is 16.2 Å². The van der Waals surface area contributed by atoms with Crippen molar-refractivity contribution >= 4 is 35.0 Å². The second kappa shape index (κ2) is 12.0. The van der Waals surface area contributed by atoms with Crippen molar-refractivity contribution in [3.8, 4) is 11.1 Å². The van der Waals surface area contributed by atoms with Crippen LogP contribution in [0.5, 0.6) is 0 Å². The molecular weight excluding hydrogens is 467 g/mol. The molecule has 1 fully saturated rings. The summed E-state index contributed by atoms with van der Waals surface area (Å²) in [5.74, 6) is -1.40. The second-order valence-electron chi connectivity index (χ2n) is 7.14. The molecule has 168 valence electrons. The van der Waals surface area contributed by atoms with E-state index in [4.69, 9.17) is 0 Å². The molecule has 0 unspecified atom stereocenters. The van der Waals surface area contributed by atoms with Gasteiger partial charge < -0.3 is 19.9 Å². The average Bonchev–Trinajstić information content (AvgIpc) is 3.17. The Hall–Kier alpha value is -1.84. The van der Waals surface area contributed by atoms with Gasteiger partial charge in [-0.1, -0.05) is 26.5 Å². The molecule has 33 heavy (non-hydrogen) atoms. The number of aromatic nitrogens is 1. The first-order chi connectivity index (χ1) is 15.3. The molecule has 0 saturated carbocycles. The minimum atomic E-state index is -1.16. The van der Waals surface area contributed by atoms with E-state index in [1.165, 1.54) is 11.3 Å². The molecule has 0 aliphatic carbocycles. The number of allylic oxidation sites excluding steroid dienone is 2. The van der Waals surface area contributed by atoms with E-state index in [0.717, 1.165) is 33.7 Å². The summed E-state index contributed by atoms with van der Waals surface area (Å²) in [7, 11) is 0. The van der Waals surface area contributed by atoms with Crippen molar-refractivity contribution in [2.75, 3.05) is 5.75 Å². The zero-order valence-electron chi connectivity index (χ0n) is 19.3. The van der Waals surface area contributed by atoms with Gasteiger partial charge in [-0.2, -0.15) is 0 Å². The molecule has 4 rings (SSSR count). The Morgan fingerprint density at radius 2 is 2.00 bits per heavy atom. The van der Waals surface area contributed by atoms with Crippen LogP contribution in [0, 0.1) is 6.92 Å². The van der Waals surface area contributed by atoms with Gasteiger partial charge in [-0.3, -0.25) is 0 Å². The molecule has 0 radical (unpaired) electrons. The predicted octanol–water partition coefficient (Wildman–Crippen LogP) is 0.592. The Morgan fingerprint density at radius 1 is 1.33 bits per heavy atom. The van der Waals surface area contributed by atoms with Gasteiger partial charge in [0, 0.05) is 34.9 Å². The minimum absolute atomic E-state index is 0. The molecule has 0 bridgehead atoms. The van der Waals surface area contributed by atoms with Crippen LogP contribution in [-0.4, -0.2) is 33.1 Å². The van der Waals surface area contributed by atoms with E-state index in [9.17, 15) is 19.8 Å². The van der Waals surface area contributed by atoms with Crippen molar-refractivity contribution in [1.29, 1.82) is 0 Å². The number of carbonyl (C=O) groups excluding carboxylic acids is 1. The second-order valence-corrected chi connectivity index (χ2v) is 9.56. The third-order valence-corrected chi connectivity index (χ3v) is 7.44. The van der Waals surface area contributed by atoms with E-state index in [-0.39, 0.29) is 39.8 Å². The van der Waals surface area contributed by atoms with Crippen LogP contribution in [0.25, 0.3) is 11.1 Å². The summed E-state index contributed by atoms with van der Waals surface area (Å²) in [5, 5.41) is 20.9. The van der Waals surface area contributed by atoms with Gasteiger partial charge in [0.2, 0.25) is 0 Å². The van der Waals surface area contributed by atoms with E-state index in [1.54, 1.807) is 17.8 Å². The van der Waals surface area contributed by atoms with Crippen LogP contribution < -0.4 is 39.2 Å². The number of thioether (sulfide) groups is 1. The molecule has 0 aromatic carbocycles. The number of thiophene rings is 1. The van der Waals surface area contributed by atoms with E-state index < -0.39 is 11.9 Å². The van der Waals surface area contributed by atoms with E-state index >= 15 is 0 Å². The molecular formula is C24H26N2NaO4S2+. The third kappa shape index (κ3) is 6.00.